The zero-order chi connectivity index (χ0) is 14.4. The third-order valence-electron chi connectivity index (χ3n) is 3.80. The molecule has 6 heteroatoms. The highest BCUT2D eigenvalue weighted by Crippen LogP contribution is 2.64. The van der Waals surface area contributed by atoms with E-state index >= 15 is 0 Å². The van der Waals surface area contributed by atoms with Crippen molar-refractivity contribution in [3.63, 3.8) is 0 Å². The number of thioether (sulfide) groups is 2. The van der Waals surface area contributed by atoms with Crippen molar-refractivity contribution in [3.05, 3.63) is 29.8 Å². The molecule has 0 bridgehead atoms. The molecule has 1 aliphatic heterocycles. The number of alkyl halides is 2. The van der Waals surface area contributed by atoms with E-state index in [9.17, 15) is 4.79 Å². The molecule has 1 aliphatic carbocycles. The quantitative estimate of drug-likeness (QED) is 0.804. The van der Waals surface area contributed by atoms with E-state index in [1.54, 1.807) is 6.92 Å². The summed E-state index contributed by atoms with van der Waals surface area (Å²) in [6.07, 6.45) is 0.503. The highest BCUT2D eigenvalue weighted by molar-refractivity contribution is 8.19. The maximum absolute atomic E-state index is 12.3. The summed E-state index contributed by atoms with van der Waals surface area (Å²) in [7, 11) is 0. The maximum atomic E-state index is 12.3. The van der Waals surface area contributed by atoms with Gasteiger partial charge in [0, 0.05) is 17.2 Å². The fourth-order valence-electron chi connectivity index (χ4n) is 2.23. The monoisotopic (exact) mass is 347 g/mol. The Labute approximate surface area is 137 Å². The molecule has 2 aliphatic rings. The van der Waals surface area contributed by atoms with Gasteiger partial charge in [-0.05, 0) is 31.0 Å². The van der Waals surface area contributed by atoms with Crippen LogP contribution in [0.15, 0.2) is 24.3 Å². The largest absolute Gasteiger partial charge is 0.326 e. The van der Waals surface area contributed by atoms with Gasteiger partial charge in [-0.3, -0.25) is 4.79 Å². The van der Waals surface area contributed by atoms with E-state index in [1.807, 2.05) is 41.7 Å². The van der Waals surface area contributed by atoms with Crippen LogP contribution in [0.2, 0.25) is 0 Å². The first-order valence-electron chi connectivity index (χ1n) is 6.45. The van der Waals surface area contributed by atoms with Crippen LogP contribution in [0.3, 0.4) is 0 Å². The van der Waals surface area contributed by atoms with Crippen molar-refractivity contribution in [2.75, 3.05) is 16.8 Å². The van der Waals surface area contributed by atoms with Crippen molar-refractivity contribution >= 4 is 58.3 Å². The molecular weight excluding hydrogens is 333 g/mol. The van der Waals surface area contributed by atoms with Crippen molar-refractivity contribution in [2.45, 2.75) is 22.3 Å². The number of halogens is 2. The fourth-order valence-corrected chi connectivity index (χ4v) is 5.77. The first-order valence-corrected chi connectivity index (χ1v) is 9.30. The van der Waals surface area contributed by atoms with Crippen LogP contribution in [0.1, 0.15) is 23.5 Å². The molecular formula is C14H15Cl2NOS2. The van der Waals surface area contributed by atoms with Crippen molar-refractivity contribution in [2.24, 2.45) is 5.41 Å². The molecule has 1 atom stereocenters. The van der Waals surface area contributed by atoms with Gasteiger partial charge in [0.1, 0.15) is 4.33 Å². The van der Waals surface area contributed by atoms with Gasteiger partial charge in [0.25, 0.3) is 0 Å². The van der Waals surface area contributed by atoms with Gasteiger partial charge in [0.05, 0.1) is 10.00 Å². The van der Waals surface area contributed by atoms with Gasteiger partial charge >= 0.3 is 0 Å². The Bertz CT molecular complexity index is 546. The number of hydrogen-bond donors (Lipinski definition) is 1. The van der Waals surface area contributed by atoms with Crippen LogP contribution in [-0.4, -0.2) is 21.7 Å². The molecule has 108 valence electrons. The molecule has 1 unspecified atom stereocenters. The fraction of sp³-hybridized carbons (Fsp3) is 0.500. The molecule has 1 saturated carbocycles. The number of anilines is 1. The Hall–Kier alpha value is -0.0300. The first kappa shape index (κ1) is 14.9. The molecule has 0 aromatic heterocycles. The van der Waals surface area contributed by atoms with Crippen molar-refractivity contribution in [3.8, 4) is 0 Å². The first-order chi connectivity index (χ1) is 9.42. The molecule has 1 aromatic rings. The minimum absolute atomic E-state index is 0.105. The Balaban J connectivity index is 1.72. The lowest BCUT2D eigenvalue weighted by molar-refractivity contribution is -0.120. The maximum Gasteiger partial charge on any atom is 0.233 e. The lowest BCUT2D eigenvalue weighted by Gasteiger charge is -2.14. The van der Waals surface area contributed by atoms with Crippen LogP contribution in [0.4, 0.5) is 5.69 Å². The van der Waals surface area contributed by atoms with Gasteiger partial charge in [0.15, 0.2) is 0 Å². The van der Waals surface area contributed by atoms with Crippen LogP contribution in [-0.2, 0) is 4.79 Å². The zero-order valence-electron chi connectivity index (χ0n) is 11.0. The standard InChI is InChI=1S/C14H15Cl2NOS2/c1-13(8-14(13,15)16)12(18)17-10-4-2-3-9(7-10)11-19-5-6-20-11/h2-4,7,11H,5-6,8H2,1H3,(H,17,18). The predicted molar refractivity (Wildman–Crippen MR) is 89.9 cm³/mol. The summed E-state index contributed by atoms with van der Waals surface area (Å²) in [4.78, 5) is 12.3. The van der Waals surface area contributed by atoms with Crippen molar-refractivity contribution < 1.29 is 4.79 Å². The molecule has 20 heavy (non-hydrogen) atoms. The van der Waals surface area contributed by atoms with E-state index in [4.69, 9.17) is 23.2 Å². The van der Waals surface area contributed by atoms with Crippen molar-refractivity contribution in [1.29, 1.82) is 0 Å². The lowest BCUT2D eigenvalue weighted by Crippen LogP contribution is -2.25. The van der Waals surface area contributed by atoms with Gasteiger partial charge in [-0.1, -0.05) is 12.1 Å². The molecule has 1 heterocycles. The second kappa shape index (κ2) is 5.31. The highest BCUT2D eigenvalue weighted by Gasteiger charge is 2.67. The van der Waals surface area contributed by atoms with Gasteiger partial charge in [-0.25, -0.2) is 0 Å². The van der Waals surface area contributed by atoms with Gasteiger partial charge in [0.2, 0.25) is 5.91 Å². The second-order valence-electron chi connectivity index (χ2n) is 5.37. The SMILES string of the molecule is CC1(C(=O)Nc2cccc(C3SCCS3)c2)CC1(Cl)Cl. The van der Waals surface area contributed by atoms with E-state index in [0.29, 0.717) is 11.0 Å². The van der Waals surface area contributed by atoms with Crippen LogP contribution >= 0.6 is 46.7 Å². The van der Waals surface area contributed by atoms with Gasteiger partial charge in [-0.15, -0.1) is 46.7 Å². The minimum atomic E-state index is -0.925. The highest BCUT2D eigenvalue weighted by atomic mass is 35.5. The molecule has 1 N–H and O–H groups in total. The van der Waals surface area contributed by atoms with Crippen LogP contribution in [0.5, 0.6) is 0 Å². The molecule has 2 nitrogen and oxygen atoms in total. The molecule has 0 spiro atoms. The van der Waals surface area contributed by atoms with E-state index in [1.165, 1.54) is 17.1 Å². The topological polar surface area (TPSA) is 29.1 Å². The van der Waals surface area contributed by atoms with Gasteiger partial charge in [-0.2, -0.15) is 0 Å². The predicted octanol–water partition coefficient (Wildman–Crippen LogP) is 4.69. The van der Waals surface area contributed by atoms with Gasteiger partial charge < -0.3 is 5.32 Å². The summed E-state index contributed by atoms with van der Waals surface area (Å²) in [6, 6.07) is 8.04. The zero-order valence-corrected chi connectivity index (χ0v) is 14.1. The Morgan fingerprint density at radius 1 is 1.35 bits per heavy atom. The summed E-state index contributed by atoms with van der Waals surface area (Å²) in [5.41, 5.74) is 1.39. The molecule has 1 aromatic carbocycles. The molecule has 1 saturated heterocycles. The Morgan fingerprint density at radius 3 is 2.60 bits per heavy atom. The summed E-state index contributed by atoms with van der Waals surface area (Å²) < 4.78 is -0.449. The van der Waals surface area contributed by atoms with Crippen LogP contribution < -0.4 is 5.32 Å². The van der Waals surface area contributed by atoms with E-state index < -0.39 is 9.75 Å². The number of carbonyl (C=O) groups is 1. The third-order valence-corrected chi connectivity index (χ3v) is 8.00. The van der Waals surface area contributed by atoms with E-state index in [0.717, 1.165) is 5.69 Å². The lowest BCUT2D eigenvalue weighted by atomic mass is 10.1. The third kappa shape index (κ3) is 2.68. The van der Waals surface area contributed by atoms with Crippen LogP contribution in [0, 0.1) is 5.41 Å². The van der Waals surface area contributed by atoms with E-state index in [-0.39, 0.29) is 5.91 Å². The second-order valence-corrected chi connectivity index (χ2v) is 9.57. The molecule has 3 rings (SSSR count). The summed E-state index contributed by atoms with van der Waals surface area (Å²) in [5.74, 6) is 2.27. The number of amides is 1. The van der Waals surface area contributed by atoms with Crippen LogP contribution in [0.25, 0.3) is 0 Å². The summed E-state index contributed by atoms with van der Waals surface area (Å²) in [5, 5.41) is 2.94. The average molecular weight is 348 g/mol. The molecule has 0 radical (unpaired) electrons. The van der Waals surface area contributed by atoms with E-state index in [2.05, 4.69) is 11.4 Å². The number of rotatable bonds is 3. The number of hydrogen-bond acceptors (Lipinski definition) is 3. The average Bonchev–Trinajstić information content (AvgIpc) is 2.83. The summed E-state index contributed by atoms with van der Waals surface area (Å²) >= 11 is 16.0. The molecule has 2 fully saturated rings. The number of benzene rings is 1. The summed E-state index contributed by atoms with van der Waals surface area (Å²) in [6.45, 7) is 1.80. The Kier molecular flexibility index (Phi) is 3.95. The smallest absolute Gasteiger partial charge is 0.233 e. The van der Waals surface area contributed by atoms with Crippen molar-refractivity contribution in [1.82, 2.24) is 0 Å². The number of nitrogens with one attached hydrogen (secondary N) is 1. The number of carbonyl (C=O) groups excluding carboxylic acids is 1. The minimum Gasteiger partial charge on any atom is -0.326 e. The normalized spacial score (nSPS) is 28.4. The Morgan fingerprint density at radius 2 is 2.00 bits per heavy atom. The molecule has 1 amide bonds.